The molecule has 29 heavy (non-hydrogen) atoms. The standard InChI is InChI=1S/C24H34O5/c1-13(4-7-21(28)29)16-5-6-17-22-18(12-20(27)24(16,17)3)23(2)9-8-15(25)10-14(23)11-19(22)26/h13-14,16-18,22H,4-12H2,1-3H3,(H,28,29)/t13-,14+,16-,17+,18+,22+,23-,24+/m0/s1. The van der Waals surface area contributed by atoms with Crippen LogP contribution in [0.25, 0.3) is 0 Å². The number of Topliss-reactive ketones (excluding diaryl/α,β-unsaturated/α-hetero) is 3. The zero-order chi connectivity index (χ0) is 21.1. The van der Waals surface area contributed by atoms with Gasteiger partial charge in [-0.05, 0) is 60.7 Å². The topological polar surface area (TPSA) is 88.5 Å². The highest BCUT2D eigenvalue weighted by Gasteiger charge is 2.66. The van der Waals surface area contributed by atoms with Crippen LogP contribution in [0.1, 0.15) is 78.6 Å². The Morgan fingerprint density at radius 3 is 2.52 bits per heavy atom. The second-order valence-electron chi connectivity index (χ2n) is 10.9. The fourth-order valence-corrected chi connectivity index (χ4v) is 7.94. The average molecular weight is 403 g/mol. The molecule has 160 valence electrons. The van der Waals surface area contributed by atoms with Gasteiger partial charge in [0.1, 0.15) is 17.3 Å². The Kier molecular flexibility index (Phi) is 5.02. The van der Waals surface area contributed by atoms with E-state index in [-0.39, 0.29) is 64.7 Å². The molecule has 0 saturated heterocycles. The van der Waals surface area contributed by atoms with Gasteiger partial charge >= 0.3 is 5.97 Å². The number of hydrogen-bond donors (Lipinski definition) is 1. The van der Waals surface area contributed by atoms with Gasteiger partial charge in [-0.3, -0.25) is 19.2 Å². The molecule has 4 aliphatic carbocycles. The van der Waals surface area contributed by atoms with E-state index in [2.05, 4.69) is 20.8 Å². The van der Waals surface area contributed by atoms with E-state index >= 15 is 0 Å². The van der Waals surface area contributed by atoms with Crippen molar-refractivity contribution in [2.45, 2.75) is 78.6 Å². The molecule has 8 atom stereocenters. The Balaban J connectivity index is 1.63. The van der Waals surface area contributed by atoms with E-state index in [1.165, 1.54) is 0 Å². The van der Waals surface area contributed by atoms with Crippen LogP contribution in [0.2, 0.25) is 0 Å². The second-order valence-corrected chi connectivity index (χ2v) is 10.9. The lowest BCUT2D eigenvalue weighted by Crippen LogP contribution is -2.60. The molecular formula is C24H34O5. The van der Waals surface area contributed by atoms with E-state index in [0.717, 1.165) is 19.3 Å². The third-order valence-corrected chi connectivity index (χ3v) is 9.72. The van der Waals surface area contributed by atoms with Crippen molar-refractivity contribution in [2.24, 2.45) is 46.3 Å². The lowest BCUT2D eigenvalue weighted by molar-refractivity contribution is -0.166. The van der Waals surface area contributed by atoms with E-state index in [1.807, 2.05) is 0 Å². The number of carbonyl (C=O) groups is 4. The van der Waals surface area contributed by atoms with Crippen LogP contribution in [0.3, 0.4) is 0 Å². The number of fused-ring (bicyclic) bond motifs is 5. The van der Waals surface area contributed by atoms with Crippen LogP contribution >= 0.6 is 0 Å². The van der Waals surface area contributed by atoms with Crippen molar-refractivity contribution in [3.05, 3.63) is 0 Å². The van der Waals surface area contributed by atoms with Gasteiger partial charge in [0.2, 0.25) is 0 Å². The normalized spacial score (nSPS) is 45.3. The first kappa shape index (κ1) is 20.7. The quantitative estimate of drug-likeness (QED) is 0.766. The summed E-state index contributed by atoms with van der Waals surface area (Å²) in [4.78, 5) is 50.0. The van der Waals surface area contributed by atoms with Crippen molar-refractivity contribution < 1.29 is 24.3 Å². The van der Waals surface area contributed by atoms with Gasteiger partial charge in [-0.2, -0.15) is 0 Å². The van der Waals surface area contributed by atoms with Crippen LogP contribution in [-0.2, 0) is 19.2 Å². The minimum Gasteiger partial charge on any atom is -0.481 e. The molecule has 0 bridgehead atoms. The molecule has 4 fully saturated rings. The first-order valence-electron chi connectivity index (χ1n) is 11.4. The predicted octanol–water partition coefficient (Wildman–Crippen LogP) is 4.07. The smallest absolute Gasteiger partial charge is 0.303 e. The molecule has 4 rings (SSSR count). The largest absolute Gasteiger partial charge is 0.481 e. The van der Waals surface area contributed by atoms with Gasteiger partial charge in [0.05, 0.1) is 0 Å². The van der Waals surface area contributed by atoms with Gasteiger partial charge < -0.3 is 5.11 Å². The average Bonchev–Trinajstić information content (AvgIpc) is 3.01. The summed E-state index contributed by atoms with van der Waals surface area (Å²) in [7, 11) is 0. The van der Waals surface area contributed by atoms with Crippen molar-refractivity contribution in [3.8, 4) is 0 Å². The minimum atomic E-state index is -0.792. The lowest BCUT2D eigenvalue weighted by atomic mass is 9.44. The number of hydrogen-bond acceptors (Lipinski definition) is 4. The molecule has 0 aromatic carbocycles. The van der Waals surface area contributed by atoms with E-state index in [1.54, 1.807) is 0 Å². The highest BCUT2D eigenvalue weighted by atomic mass is 16.4. The summed E-state index contributed by atoms with van der Waals surface area (Å²) < 4.78 is 0. The van der Waals surface area contributed by atoms with Crippen LogP contribution in [0, 0.1) is 46.3 Å². The molecule has 0 aromatic rings. The first-order chi connectivity index (χ1) is 13.6. The maximum atomic E-state index is 13.6. The summed E-state index contributed by atoms with van der Waals surface area (Å²) in [6.07, 6.45) is 5.33. The Morgan fingerprint density at radius 2 is 1.83 bits per heavy atom. The molecule has 0 heterocycles. The zero-order valence-corrected chi connectivity index (χ0v) is 17.9. The zero-order valence-electron chi connectivity index (χ0n) is 17.9. The number of rotatable bonds is 4. The summed E-state index contributed by atoms with van der Waals surface area (Å²) in [6.45, 7) is 6.37. The summed E-state index contributed by atoms with van der Waals surface area (Å²) in [5, 5.41) is 9.06. The maximum Gasteiger partial charge on any atom is 0.303 e. The van der Waals surface area contributed by atoms with E-state index in [0.29, 0.717) is 32.1 Å². The Labute approximate surface area is 173 Å². The van der Waals surface area contributed by atoms with Crippen molar-refractivity contribution in [2.75, 3.05) is 0 Å². The number of ketones is 3. The Hall–Kier alpha value is -1.52. The van der Waals surface area contributed by atoms with Crippen LogP contribution in [0.4, 0.5) is 0 Å². The molecule has 4 saturated carbocycles. The third-order valence-electron chi connectivity index (χ3n) is 9.72. The predicted molar refractivity (Wildman–Crippen MR) is 107 cm³/mol. The van der Waals surface area contributed by atoms with Crippen molar-refractivity contribution >= 4 is 23.3 Å². The first-order valence-corrected chi connectivity index (χ1v) is 11.4. The SMILES string of the molecule is C[C@@H](CCC(=O)O)[C@@H]1CC[C@@H]2[C@H]3C(=O)C[C@H]4CC(=O)CC[C@]4(C)[C@@H]3CC(=O)[C@@]21C. The number of aliphatic carboxylic acids is 1. The highest BCUT2D eigenvalue weighted by Crippen LogP contribution is 2.66. The van der Waals surface area contributed by atoms with Gasteiger partial charge in [-0.25, -0.2) is 0 Å². The minimum absolute atomic E-state index is 0.0659. The molecule has 0 radical (unpaired) electrons. The van der Waals surface area contributed by atoms with Crippen LogP contribution < -0.4 is 0 Å². The van der Waals surface area contributed by atoms with Gasteiger partial charge in [0.25, 0.3) is 0 Å². The Bertz CT molecular complexity index is 756. The summed E-state index contributed by atoms with van der Waals surface area (Å²) in [5.41, 5.74) is -0.598. The number of carbonyl (C=O) groups excluding carboxylic acids is 3. The summed E-state index contributed by atoms with van der Waals surface area (Å²) in [5.74, 6) is 0.524. The molecule has 0 unspecified atom stereocenters. The number of carboxylic acids is 1. The Morgan fingerprint density at radius 1 is 1.10 bits per heavy atom. The monoisotopic (exact) mass is 402 g/mol. The molecule has 5 nitrogen and oxygen atoms in total. The maximum absolute atomic E-state index is 13.6. The van der Waals surface area contributed by atoms with Crippen molar-refractivity contribution in [3.63, 3.8) is 0 Å². The third kappa shape index (κ3) is 3.02. The highest BCUT2D eigenvalue weighted by molar-refractivity contribution is 5.93. The second kappa shape index (κ2) is 7.02. The fourth-order valence-electron chi connectivity index (χ4n) is 7.94. The molecule has 0 aromatic heterocycles. The van der Waals surface area contributed by atoms with Gasteiger partial charge in [0, 0.05) is 43.4 Å². The fraction of sp³-hybridized carbons (Fsp3) is 0.833. The van der Waals surface area contributed by atoms with E-state index in [9.17, 15) is 19.2 Å². The van der Waals surface area contributed by atoms with Gasteiger partial charge in [-0.1, -0.05) is 20.8 Å². The van der Waals surface area contributed by atoms with Crippen molar-refractivity contribution in [1.29, 1.82) is 0 Å². The molecule has 0 spiro atoms. The van der Waals surface area contributed by atoms with Gasteiger partial charge in [0.15, 0.2) is 0 Å². The summed E-state index contributed by atoms with van der Waals surface area (Å²) in [6, 6.07) is 0. The lowest BCUT2D eigenvalue weighted by Gasteiger charge is -2.58. The summed E-state index contributed by atoms with van der Waals surface area (Å²) >= 11 is 0. The van der Waals surface area contributed by atoms with Crippen LogP contribution in [0.15, 0.2) is 0 Å². The van der Waals surface area contributed by atoms with Crippen molar-refractivity contribution in [1.82, 2.24) is 0 Å². The van der Waals surface area contributed by atoms with E-state index in [4.69, 9.17) is 5.11 Å². The molecule has 5 heteroatoms. The number of carboxylic acid groups (broad SMARTS) is 1. The van der Waals surface area contributed by atoms with Crippen LogP contribution in [0.5, 0.6) is 0 Å². The molecule has 0 amide bonds. The molecule has 4 aliphatic rings. The van der Waals surface area contributed by atoms with Gasteiger partial charge in [-0.15, -0.1) is 0 Å². The van der Waals surface area contributed by atoms with E-state index < -0.39 is 11.4 Å². The molecule has 0 aliphatic heterocycles. The molecule has 1 N–H and O–H groups in total. The molecular weight excluding hydrogens is 368 g/mol. The van der Waals surface area contributed by atoms with Crippen LogP contribution in [-0.4, -0.2) is 28.4 Å².